The van der Waals surface area contributed by atoms with Gasteiger partial charge in [-0.05, 0) is 0 Å². The Morgan fingerprint density at radius 1 is 0.286 bits per heavy atom. The third-order valence-electron chi connectivity index (χ3n) is 0. The van der Waals surface area contributed by atoms with Crippen molar-refractivity contribution in [1.29, 1.82) is 0 Å². The minimum Gasteiger partial charge on any atom is -0.412 e. The van der Waals surface area contributed by atoms with Crippen molar-refractivity contribution >= 4 is 0 Å². The van der Waals surface area contributed by atoms with Gasteiger partial charge >= 0.3 is 21.1 Å². The maximum Gasteiger partial charge on any atom is 3.00 e. The molecule has 0 aliphatic carbocycles. The van der Waals surface area contributed by atoms with Crippen LogP contribution >= 0.6 is 0 Å². The summed E-state index contributed by atoms with van der Waals surface area (Å²) in [5.74, 6) is 0. The van der Waals surface area contributed by atoms with Crippen molar-refractivity contribution < 1.29 is 53.9 Å². The molecule has 0 aromatic carbocycles. The molecule has 6 nitrogen and oxygen atoms in total. The maximum absolute atomic E-state index is 0. The van der Waals surface area contributed by atoms with Crippen LogP contribution in [0.5, 0.6) is 0 Å². The zero-order chi connectivity index (χ0) is 0. The van der Waals surface area contributed by atoms with Crippen LogP contribution in [0.1, 0.15) is 0 Å². The normalized spacial score (nSPS) is 0. The number of rotatable bonds is 0. The summed E-state index contributed by atoms with van der Waals surface area (Å²) in [5.41, 5.74) is 0. The Bertz CT molecular complexity index is 4.14. The third kappa shape index (κ3) is 635. The molecule has 7 heavy (non-hydrogen) atoms. The Labute approximate surface area is 54.6 Å². The molecule has 51 valence electrons. The fourth-order valence-corrected chi connectivity index (χ4v) is 0. The van der Waals surface area contributed by atoms with Crippen molar-refractivity contribution in [2.45, 2.75) is 0 Å². The van der Waals surface area contributed by atoms with Gasteiger partial charge in [-0.1, -0.05) is 0 Å². The largest absolute Gasteiger partial charge is 3.00 e. The molecular weight excluding hydrogens is 192 g/mol. The van der Waals surface area contributed by atoms with E-state index in [2.05, 4.69) is 0 Å². The summed E-state index contributed by atoms with van der Waals surface area (Å²) in [6.45, 7) is 0. The molecule has 0 bridgehead atoms. The summed E-state index contributed by atoms with van der Waals surface area (Å²) in [7, 11) is 0. The maximum atomic E-state index is 0. The summed E-state index contributed by atoms with van der Waals surface area (Å²) >= 11 is 0. The third-order valence-corrected chi connectivity index (χ3v) is 0. The van der Waals surface area contributed by atoms with Crippen molar-refractivity contribution in [2.75, 3.05) is 0 Å². The van der Waals surface area contributed by atoms with Gasteiger partial charge in [0.05, 0.1) is 0 Å². The number of hydrogen-bond acceptors (Lipinski definition) is 0. The van der Waals surface area contributed by atoms with E-state index in [9.17, 15) is 0 Å². The van der Waals surface area contributed by atoms with E-state index < -0.39 is 0 Å². The van der Waals surface area contributed by atoms with E-state index in [4.69, 9.17) is 0 Å². The van der Waals surface area contributed by atoms with Crippen molar-refractivity contribution in [2.24, 2.45) is 0 Å². The van der Waals surface area contributed by atoms with E-state index >= 15 is 0 Å². The summed E-state index contributed by atoms with van der Waals surface area (Å²) < 4.78 is 0. The molecule has 0 saturated heterocycles. The second-order valence-corrected chi connectivity index (χ2v) is 0. The first kappa shape index (κ1) is 1540. The van der Waals surface area contributed by atoms with Gasteiger partial charge in [0.25, 0.3) is 0 Å². The van der Waals surface area contributed by atoms with Crippen LogP contribution in [0, 0.1) is 0 Å². The molecular formula is H12MoO6+3. The van der Waals surface area contributed by atoms with Gasteiger partial charge in [0, 0.05) is 0 Å². The first-order valence-corrected chi connectivity index (χ1v) is 0. The monoisotopic (exact) mass is 206 g/mol. The molecule has 0 aliphatic heterocycles. The van der Waals surface area contributed by atoms with Gasteiger partial charge < -0.3 is 32.9 Å². The van der Waals surface area contributed by atoms with E-state index in [1.54, 1.807) is 0 Å². The van der Waals surface area contributed by atoms with Crippen molar-refractivity contribution in [3.05, 3.63) is 0 Å². The van der Waals surface area contributed by atoms with Crippen LogP contribution in [0.4, 0.5) is 0 Å². The van der Waals surface area contributed by atoms with Gasteiger partial charge in [0.2, 0.25) is 0 Å². The first-order valence-electron chi connectivity index (χ1n) is 0. The average Bonchev–Trinajstić information content (AvgIpc) is 0. The minimum absolute atomic E-state index is 0. The van der Waals surface area contributed by atoms with Crippen LogP contribution in [0.2, 0.25) is 0 Å². The molecule has 0 amide bonds. The fourth-order valence-electron chi connectivity index (χ4n) is 0. The van der Waals surface area contributed by atoms with Crippen LogP contribution in [0.15, 0.2) is 0 Å². The summed E-state index contributed by atoms with van der Waals surface area (Å²) in [6.07, 6.45) is 0. The predicted octanol–water partition coefficient (Wildman–Crippen LogP) is -4.95. The summed E-state index contributed by atoms with van der Waals surface area (Å²) in [6, 6.07) is 0. The van der Waals surface area contributed by atoms with E-state index in [0.717, 1.165) is 0 Å². The Morgan fingerprint density at radius 2 is 0.286 bits per heavy atom. The topological polar surface area (TPSA) is 189 Å². The van der Waals surface area contributed by atoms with E-state index in [-0.39, 0.29) is 53.9 Å². The zero-order valence-corrected chi connectivity index (χ0v) is 5.42. The molecule has 0 atom stereocenters. The molecule has 0 rings (SSSR count). The standard InChI is InChI=1S/Mo.6H2O/h;6*1H2/q+3;;;;;;. The zero-order valence-electron chi connectivity index (χ0n) is 3.41. The van der Waals surface area contributed by atoms with Gasteiger partial charge in [-0.3, -0.25) is 0 Å². The van der Waals surface area contributed by atoms with Gasteiger partial charge in [-0.2, -0.15) is 0 Å². The van der Waals surface area contributed by atoms with Gasteiger partial charge in [-0.15, -0.1) is 0 Å². The SMILES string of the molecule is O.O.O.O.O.O.[Mo+3]. The van der Waals surface area contributed by atoms with Crippen LogP contribution < -0.4 is 0 Å². The minimum atomic E-state index is 0. The first-order chi connectivity index (χ1) is 0. The Hall–Kier alpha value is 0.448. The quantitative estimate of drug-likeness (QED) is 0.342. The smallest absolute Gasteiger partial charge is 0.412 e. The molecule has 7 heteroatoms. The molecule has 0 aromatic rings. The van der Waals surface area contributed by atoms with Gasteiger partial charge in [-0.25, -0.2) is 0 Å². The Morgan fingerprint density at radius 3 is 0.286 bits per heavy atom. The molecule has 0 saturated carbocycles. The number of hydrogen-bond donors (Lipinski definition) is 0. The Balaban J connectivity index is 0. The predicted molar refractivity (Wildman–Crippen MR) is 21.7 cm³/mol. The molecule has 0 heterocycles. The fraction of sp³-hybridized carbons (Fsp3) is 0. The van der Waals surface area contributed by atoms with Crippen LogP contribution in [0.25, 0.3) is 0 Å². The molecule has 0 unspecified atom stereocenters. The van der Waals surface area contributed by atoms with Crippen LogP contribution in [0.3, 0.4) is 0 Å². The molecule has 1 radical (unpaired) electrons. The summed E-state index contributed by atoms with van der Waals surface area (Å²) in [4.78, 5) is 0. The van der Waals surface area contributed by atoms with E-state index in [0.29, 0.717) is 0 Å². The Kier molecular flexibility index (Phi) is 210000. The van der Waals surface area contributed by atoms with Gasteiger partial charge in [0.15, 0.2) is 0 Å². The molecule has 0 aromatic heterocycles. The second-order valence-electron chi connectivity index (χ2n) is 0. The van der Waals surface area contributed by atoms with E-state index in [1.807, 2.05) is 0 Å². The van der Waals surface area contributed by atoms with Crippen molar-refractivity contribution in [1.82, 2.24) is 0 Å². The molecule has 0 fully saturated rings. The molecule has 0 aliphatic rings. The summed E-state index contributed by atoms with van der Waals surface area (Å²) in [5, 5.41) is 0. The molecule has 0 spiro atoms. The van der Waals surface area contributed by atoms with E-state index in [1.165, 1.54) is 0 Å². The van der Waals surface area contributed by atoms with Crippen LogP contribution in [-0.4, -0.2) is 32.9 Å². The van der Waals surface area contributed by atoms with Crippen molar-refractivity contribution in [3.63, 3.8) is 0 Å². The molecule has 12 N–H and O–H groups in total. The van der Waals surface area contributed by atoms with Crippen LogP contribution in [-0.2, 0) is 21.1 Å². The van der Waals surface area contributed by atoms with Gasteiger partial charge in [0.1, 0.15) is 0 Å². The van der Waals surface area contributed by atoms with Crippen molar-refractivity contribution in [3.8, 4) is 0 Å². The second kappa shape index (κ2) is 952. The average molecular weight is 204 g/mol.